The van der Waals surface area contributed by atoms with Gasteiger partial charge in [0.2, 0.25) is 0 Å². The summed E-state index contributed by atoms with van der Waals surface area (Å²) in [6.07, 6.45) is 0. The summed E-state index contributed by atoms with van der Waals surface area (Å²) in [6.45, 7) is 3.75. The summed E-state index contributed by atoms with van der Waals surface area (Å²) in [5.41, 5.74) is 1.55. The highest BCUT2D eigenvalue weighted by Gasteiger charge is 2.16. The fraction of sp³-hybridized carbons (Fsp3) is 0.214. The van der Waals surface area contributed by atoms with Crippen LogP contribution in [0.5, 0.6) is 0 Å². The number of hydrogen-bond acceptors (Lipinski definition) is 5. The minimum atomic E-state index is -1.16. The van der Waals surface area contributed by atoms with Crippen molar-refractivity contribution in [2.75, 3.05) is 0 Å². The van der Waals surface area contributed by atoms with E-state index in [1.54, 1.807) is 18.2 Å². The van der Waals surface area contributed by atoms with E-state index in [2.05, 4.69) is 5.16 Å². The highest BCUT2D eigenvalue weighted by atomic mass is 16.5. The van der Waals surface area contributed by atoms with E-state index in [0.29, 0.717) is 22.4 Å². The third-order valence-corrected chi connectivity index (χ3v) is 3.14. The van der Waals surface area contributed by atoms with E-state index >= 15 is 0 Å². The van der Waals surface area contributed by atoms with Crippen LogP contribution in [0, 0.1) is 0 Å². The van der Waals surface area contributed by atoms with Crippen LogP contribution in [0.3, 0.4) is 0 Å². The number of nitrogens with zero attached hydrogens (tertiary/aromatic N) is 2. The smallest absolute Gasteiger partial charge is 0.420 e. The standard InChI is InChI=1S/C14H12N2O5/c1-7(2)16-10-5-8(3-4-11(10)20-14(16)19)12-6-9(13(17)18)15-21-12/h3-7H,1-2H3,(H,17,18). The van der Waals surface area contributed by atoms with Gasteiger partial charge in [-0.15, -0.1) is 0 Å². The number of rotatable bonds is 3. The summed E-state index contributed by atoms with van der Waals surface area (Å²) in [5, 5.41) is 12.3. The Bertz CT molecular complexity index is 884. The number of aromatic nitrogens is 2. The zero-order valence-corrected chi connectivity index (χ0v) is 11.4. The zero-order chi connectivity index (χ0) is 15.1. The van der Waals surface area contributed by atoms with Gasteiger partial charge in [0.05, 0.1) is 5.52 Å². The molecular weight excluding hydrogens is 276 g/mol. The molecule has 21 heavy (non-hydrogen) atoms. The van der Waals surface area contributed by atoms with Gasteiger partial charge in [-0.1, -0.05) is 5.16 Å². The number of benzene rings is 1. The van der Waals surface area contributed by atoms with Crippen molar-refractivity contribution in [2.24, 2.45) is 0 Å². The Kier molecular flexibility index (Phi) is 2.90. The van der Waals surface area contributed by atoms with Crippen LogP contribution in [-0.2, 0) is 0 Å². The van der Waals surface area contributed by atoms with E-state index in [0.717, 1.165) is 0 Å². The minimum absolute atomic E-state index is 0.0571. The third-order valence-electron chi connectivity index (χ3n) is 3.14. The molecular formula is C14H12N2O5. The van der Waals surface area contributed by atoms with E-state index < -0.39 is 11.7 Å². The van der Waals surface area contributed by atoms with Gasteiger partial charge in [0.1, 0.15) is 0 Å². The van der Waals surface area contributed by atoms with Crippen LogP contribution in [0.15, 0.2) is 38.0 Å². The van der Waals surface area contributed by atoms with Gasteiger partial charge in [-0.2, -0.15) is 0 Å². The van der Waals surface area contributed by atoms with Crippen LogP contribution in [0.2, 0.25) is 0 Å². The SMILES string of the molecule is CC(C)n1c(=O)oc2ccc(-c3cc(C(=O)O)no3)cc21. The Morgan fingerprint density at radius 3 is 2.71 bits per heavy atom. The van der Waals surface area contributed by atoms with E-state index in [-0.39, 0.29) is 11.7 Å². The van der Waals surface area contributed by atoms with Crippen molar-refractivity contribution in [1.29, 1.82) is 0 Å². The molecule has 7 heteroatoms. The number of hydrogen-bond donors (Lipinski definition) is 1. The first-order valence-corrected chi connectivity index (χ1v) is 6.33. The number of carboxylic acid groups (broad SMARTS) is 1. The molecule has 0 amide bonds. The van der Waals surface area contributed by atoms with Crippen molar-refractivity contribution in [3.05, 3.63) is 40.5 Å². The molecule has 0 unspecified atom stereocenters. The molecule has 0 aliphatic rings. The molecule has 0 spiro atoms. The topological polar surface area (TPSA) is 98.5 Å². The highest BCUT2D eigenvalue weighted by molar-refractivity contribution is 5.87. The van der Waals surface area contributed by atoms with Crippen LogP contribution in [0.1, 0.15) is 30.4 Å². The molecule has 1 N–H and O–H groups in total. The lowest BCUT2D eigenvalue weighted by Crippen LogP contribution is -2.15. The maximum absolute atomic E-state index is 11.8. The maximum atomic E-state index is 11.8. The minimum Gasteiger partial charge on any atom is -0.476 e. The third kappa shape index (κ3) is 2.12. The lowest BCUT2D eigenvalue weighted by molar-refractivity contribution is 0.0686. The van der Waals surface area contributed by atoms with Crippen LogP contribution in [0.4, 0.5) is 0 Å². The second-order valence-electron chi connectivity index (χ2n) is 4.90. The summed E-state index contributed by atoms with van der Waals surface area (Å²) in [5.74, 6) is -1.27. The fourth-order valence-corrected chi connectivity index (χ4v) is 2.19. The van der Waals surface area contributed by atoms with Crippen LogP contribution >= 0.6 is 0 Å². The zero-order valence-electron chi connectivity index (χ0n) is 11.4. The molecule has 0 bridgehead atoms. The molecule has 0 aliphatic carbocycles. The highest BCUT2D eigenvalue weighted by Crippen LogP contribution is 2.26. The summed E-state index contributed by atoms with van der Waals surface area (Å²) >= 11 is 0. The van der Waals surface area contributed by atoms with Gasteiger partial charge in [0.15, 0.2) is 17.0 Å². The van der Waals surface area contributed by atoms with Crippen molar-refractivity contribution >= 4 is 17.1 Å². The number of fused-ring (bicyclic) bond motifs is 1. The van der Waals surface area contributed by atoms with E-state index in [1.807, 2.05) is 13.8 Å². The van der Waals surface area contributed by atoms with Crippen molar-refractivity contribution in [3.8, 4) is 11.3 Å². The molecule has 2 aromatic heterocycles. The monoisotopic (exact) mass is 288 g/mol. The lowest BCUT2D eigenvalue weighted by atomic mass is 10.1. The molecule has 7 nitrogen and oxygen atoms in total. The molecule has 0 saturated carbocycles. The average molecular weight is 288 g/mol. The average Bonchev–Trinajstić information content (AvgIpc) is 3.00. The first-order chi connectivity index (χ1) is 9.97. The van der Waals surface area contributed by atoms with E-state index in [9.17, 15) is 9.59 Å². The Morgan fingerprint density at radius 1 is 1.33 bits per heavy atom. The van der Waals surface area contributed by atoms with E-state index in [1.165, 1.54) is 10.6 Å². The number of oxazole rings is 1. The summed E-state index contributed by atoms with van der Waals surface area (Å²) in [7, 11) is 0. The Labute approximate surface area is 118 Å². The first kappa shape index (κ1) is 13.2. The molecule has 108 valence electrons. The Morgan fingerprint density at radius 2 is 2.10 bits per heavy atom. The second kappa shape index (κ2) is 4.62. The maximum Gasteiger partial charge on any atom is 0.420 e. The van der Waals surface area contributed by atoms with E-state index in [4.69, 9.17) is 14.0 Å². The molecule has 3 rings (SSSR count). The van der Waals surface area contributed by atoms with Crippen LogP contribution < -0.4 is 5.76 Å². The first-order valence-electron chi connectivity index (χ1n) is 6.33. The molecule has 0 atom stereocenters. The van der Waals surface area contributed by atoms with Gasteiger partial charge in [0, 0.05) is 17.7 Å². The van der Waals surface area contributed by atoms with Gasteiger partial charge in [-0.25, -0.2) is 9.59 Å². The molecule has 0 saturated heterocycles. The number of carboxylic acids is 1. The second-order valence-corrected chi connectivity index (χ2v) is 4.90. The summed E-state index contributed by atoms with van der Waals surface area (Å²) in [6, 6.07) is 6.32. The molecule has 3 aromatic rings. The summed E-state index contributed by atoms with van der Waals surface area (Å²) < 4.78 is 11.7. The molecule has 0 radical (unpaired) electrons. The van der Waals surface area contributed by atoms with Crippen molar-refractivity contribution < 1.29 is 18.8 Å². The number of carbonyl (C=O) groups is 1. The molecule has 0 fully saturated rings. The van der Waals surface area contributed by atoms with Gasteiger partial charge in [0.25, 0.3) is 0 Å². The predicted molar refractivity (Wildman–Crippen MR) is 73.3 cm³/mol. The molecule has 0 aliphatic heterocycles. The van der Waals surface area contributed by atoms with Gasteiger partial charge in [-0.05, 0) is 32.0 Å². The van der Waals surface area contributed by atoms with Crippen LogP contribution in [-0.4, -0.2) is 20.8 Å². The van der Waals surface area contributed by atoms with Gasteiger partial charge in [-0.3, -0.25) is 4.57 Å². The van der Waals surface area contributed by atoms with Crippen LogP contribution in [0.25, 0.3) is 22.4 Å². The van der Waals surface area contributed by atoms with Crippen molar-refractivity contribution in [2.45, 2.75) is 19.9 Å². The quantitative estimate of drug-likeness (QED) is 0.795. The largest absolute Gasteiger partial charge is 0.476 e. The summed E-state index contributed by atoms with van der Waals surface area (Å²) in [4.78, 5) is 22.6. The van der Waals surface area contributed by atoms with Crippen molar-refractivity contribution in [1.82, 2.24) is 9.72 Å². The van der Waals surface area contributed by atoms with Gasteiger partial charge >= 0.3 is 11.7 Å². The molecule has 2 heterocycles. The molecule has 1 aromatic carbocycles. The Hall–Kier alpha value is -2.83. The lowest BCUT2D eigenvalue weighted by Gasteiger charge is -2.05. The fourth-order valence-electron chi connectivity index (χ4n) is 2.19. The normalized spacial score (nSPS) is 11.4. The Balaban J connectivity index is 2.17. The van der Waals surface area contributed by atoms with Crippen molar-refractivity contribution in [3.63, 3.8) is 0 Å². The predicted octanol–water partition coefficient (Wildman–Crippen LogP) is 2.53. The van der Waals surface area contributed by atoms with Gasteiger partial charge < -0.3 is 14.0 Å². The number of aromatic carboxylic acids is 1.